The lowest BCUT2D eigenvalue weighted by Crippen LogP contribution is -2.70. The third-order valence-electron chi connectivity index (χ3n) is 7.67. The van der Waals surface area contributed by atoms with Gasteiger partial charge in [0.25, 0.3) is 0 Å². The molecular weight excluding hydrogens is 640 g/mol. The predicted molar refractivity (Wildman–Crippen MR) is 188 cm³/mol. The highest BCUT2D eigenvalue weighted by molar-refractivity contribution is 5.69. The van der Waals surface area contributed by atoms with Gasteiger partial charge in [-0.2, -0.15) is 0 Å². The van der Waals surface area contributed by atoms with Crippen LogP contribution in [0, 0.1) is 0 Å². The number of amides is 2. The maximum atomic E-state index is 13.4. The van der Waals surface area contributed by atoms with Crippen LogP contribution >= 0.6 is 0 Å². The van der Waals surface area contributed by atoms with Crippen LogP contribution in [0.3, 0.4) is 0 Å². The Bertz CT molecular complexity index is 1450. The smallest absolute Gasteiger partial charge is 0.408 e. The van der Waals surface area contributed by atoms with E-state index < -0.39 is 66.5 Å². The molecule has 0 unspecified atom stereocenters. The van der Waals surface area contributed by atoms with E-state index in [1.165, 1.54) is 0 Å². The van der Waals surface area contributed by atoms with Crippen LogP contribution in [0.25, 0.3) is 0 Å². The molecule has 3 aromatic rings. The van der Waals surface area contributed by atoms with Crippen LogP contribution < -0.4 is 10.6 Å². The molecule has 0 aliphatic carbocycles. The lowest BCUT2D eigenvalue weighted by molar-refractivity contribution is -0.237. The quantitative estimate of drug-likeness (QED) is 0.188. The van der Waals surface area contributed by atoms with Crippen molar-refractivity contribution in [3.63, 3.8) is 0 Å². The molecule has 3 aromatic carbocycles. The summed E-state index contributed by atoms with van der Waals surface area (Å²) in [6.45, 7) is 10.8. The highest BCUT2D eigenvalue weighted by Gasteiger charge is 2.51. The Labute approximate surface area is 295 Å². The van der Waals surface area contributed by atoms with Gasteiger partial charge in [0.15, 0.2) is 0 Å². The molecule has 0 spiro atoms. The lowest BCUT2D eigenvalue weighted by atomic mass is 9.88. The predicted octanol–water partition coefficient (Wildman–Crippen LogP) is 5.92. The Kier molecular flexibility index (Phi) is 14.2. The molecule has 3 N–H and O–H groups in total. The molecule has 11 heteroatoms. The molecular formula is C39H52N2O9. The second kappa shape index (κ2) is 18.3. The van der Waals surface area contributed by atoms with Gasteiger partial charge in [-0.3, -0.25) is 0 Å². The van der Waals surface area contributed by atoms with Gasteiger partial charge in [0.2, 0.25) is 0 Å². The van der Waals surface area contributed by atoms with E-state index in [4.69, 9.17) is 28.4 Å². The molecule has 272 valence electrons. The molecule has 11 nitrogen and oxygen atoms in total. The number of ether oxygens (including phenoxy) is 6. The van der Waals surface area contributed by atoms with E-state index in [0.29, 0.717) is 6.61 Å². The van der Waals surface area contributed by atoms with Gasteiger partial charge in [-0.25, -0.2) is 9.59 Å². The summed E-state index contributed by atoms with van der Waals surface area (Å²) in [4.78, 5) is 26.4. The molecule has 1 aliphatic heterocycles. The summed E-state index contributed by atoms with van der Waals surface area (Å²) >= 11 is 0. The molecule has 1 heterocycles. The van der Waals surface area contributed by atoms with Crippen LogP contribution in [0.1, 0.15) is 58.2 Å². The Morgan fingerprint density at radius 1 is 0.700 bits per heavy atom. The molecule has 4 rings (SSSR count). The summed E-state index contributed by atoms with van der Waals surface area (Å²) in [6.07, 6.45) is -4.88. The summed E-state index contributed by atoms with van der Waals surface area (Å²) in [7, 11) is 0. The molecule has 1 saturated heterocycles. The van der Waals surface area contributed by atoms with Crippen LogP contribution in [0.5, 0.6) is 0 Å². The zero-order chi connectivity index (χ0) is 36.1. The van der Waals surface area contributed by atoms with Crippen molar-refractivity contribution >= 4 is 12.2 Å². The van der Waals surface area contributed by atoms with Crippen LogP contribution in [-0.4, -0.2) is 78.2 Å². The first-order chi connectivity index (χ1) is 23.8. The maximum absolute atomic E-state index is 13.4. The van der Waals surface area contributed by atoms with Gasteiger partial charge in [0.05, 0.1) is 45.1 Å². The van der Waals surface area contributed by atoms with Crippen molar-refractivity contribution in [1.29, 1.82) is 0 Å². The second-order valence-electron chi connectivity index (χ2n) is 14.3. The number of carbonyl (C=O) groups excluding carboxylic acids is 2. The van der Waals surface area contributed by atoms with Gasteiger partial charge in [0, 0.05) is 0 Å². The summed E-state index contributed by atoms with van der Waals surface area (Å²) in [5, 5.41) is 16.4. The number of aliphatic hydroxyl groups excluding tert-OH is 1. The van der Waals surface area contributed by atoms with Crippen LogP contribution in [-0.2, 0) is 48.2 Å². The number of alkyl carbamates (subject to hydrolysis) is 2. The van der Waals surface area contributed by atoms with Gasteiger partial charge >= 0.3 is 12.2 Å². The van der Waals surface area contributed by atoms with Crippen molar-refractivity contribution in [2.24, 2.45) is 0 Å². The van der Waals surface area contributed by atoms with Gasteiger partial charge in [-0.05, 0) is 58.2 Å². The third kappa shape index (κ3) is 12.7. The second-order valence-corrected chi connectivity index (χ2v) is 14.3. The molecule has 1 fully saturated rings. The molecule has 0 bridgehead atoms. The molecule has 6 atom stereocenters. The third-order valence-corrected chi connectivity index (χ3v) is 7.67. The fraction of sp³-hybridized carbons (Fsp3) is 0.487. The van der Waals surface area contributed by atoms with E-state index in [9.17, 15) is 14.7 Å². The number of hydrogen-bond acceptors (Lipinski definition) is 9. The molecule has 0 radical (unpaired) electrons. The average molecular weight is 693 g/mol. The maximum Gasteiger partial charge on any atom is 0.408 e. The Hall–Kier alpha value is -4.00. The van der Waals surface area contributed by atoms with Gasteiger partial charge in [0.1, 0.15) is 35.6 Å². The first-order valence-electron chi connectivity index (χ1n) is 17.0. The first-order valence-corrected chi connectivity index (χ1v) is 17.0. The summed E-state index contributed by atoms with van der Waals surface area (Å²) in [5.41, 5.74) is 1.20. The van der Waals surface area contributed by atoms with Crippen LogP contribution in [0.4, 0.5) is 9.59 Å². The van der Waals surface area contributed by atoms with Crippen molar-refractivity contribution in [2.75, 3.05) is 13.2 Å². The summed E-state index contributed by atoms with van der Waals surface area (Å²) < 4.78 is 37.4. The average Bonchev–Trinajstić information content (AvgIpc) is 3.06. The van der Waals surface area contributed by atoms with Crippen molar-refractivity contribution < 1.29 is 43.1 Å². The van der Waals surface area contributed by atoms with Crippen molar-refractivity contribution in [1.82, 2.24) is 10.6 Å². The number of aliphatic hydroxyl groups is 1. The number of rotatable bonds is 14. The number of hydrogen-bond donors (Lipinski definition) is 3. The number of benzene rings is 3. The summed E-state index contributed by atoms with van der Waals surface area (Å²) in [6, 6.07) is 27.1. The van der Waals surface area contributed by atoms with Gasteiger partial charge < -0.3 is 44.2 Å². The van der Waals surface area contributed by atoms with E-state index in [2.05, 4.69) is 10.6 Å². The Morgan fingerprint density at radius 3 is 1.64 bits per heavy atom. The van der Waals surface area contributed by atoms with Crippen LogP contribution in [0.15, 0.2) is 91.0 Å². The minimum atomic E-state index is -1.03. The minimum absolute atomic E-state index is 0.0831. The normalized spacial score (nSPS) is 21.5. The molecule has 0 saturated carbocycles. The highest BCUT2D eigenvalue weighted by atomic mass is 16.6. The zero-order valence-corrected chi connectivity index (χ0v) is 29.9. The fourth-order valence-corrected chi connectivity index (χ4v) is 5.55. The zero-order valence-electron chi connectivity index (χ0n) is 29.9. The molecule has 1 aliphatic rings. The summed E-state index contributed by atoms with van der Waals surface area (Å²) in [5.74, 6) is 0. The van der Waals surface area contributed by atoms with E-state index in [0.717, 1.165) is 16.7 Å². The van der Waals surface area contributed by atoms with E-state index in [1.807, 2.05) is 91.0 Å². The number of carbonyl (C=O) groups is 2. The highest BCUT2D eigenvalue weighted by Crippen LogP contribution is 2.31. The standard InChI is InChI=1S/C39H52N2O9/c1-38(2,3)49-36(43)40-30(22-42)33-32(41-37(44)50-39(4,5)6)35(47-25-29-20-14-9-15-21-29)34(46-24-28-18-12-8-13-19-28)31(48-33)26-45-23-27-16-10-7-11-17-27/h7-21,30-35,42H,22-26H2,1-6H3,(H,40,43)(H,41,44)/t30-,31+,32+,33+,34-,35+/m0/s1. The van der Waals surface area contributed by atoms with Crippen molar-refractivity contribution in [2.45, 2.75) is 109 Å². The molecule has 2 amide bonds. The van der Waals surface area contributed by atoms with Gasteiger partial charge in [-0.15, -0.1) is 0 Å². The topological polar surface area (TPSA) is 134 Å². The largest absolute Gasteiger partial charge is 0.444 e. The molecule has 50 heavy (non-hydrogen) atoms. The van der Waals surface area contributed by atoms with Crippen LogP contribution in [0.2, 0.25) is 0 Å². The van der Waals surface area contributed by atoms with E-state index in [1.54, 1.807) is 41.5 Å². The van der Waals surface area contributed by atoms with Crippen molar-refractivity contribution in [3.05, 3.63) is 108 Å². The monoisotopic (exact) mass is 692 g/mol. The fourth-order valence-electron chi connectivity index (χ4n) is 5.55. The Balaban J connectivity index is 1.73. The minimum Gasteiger partial charge on any atom is -0.444 e. The van der Waals surface area contributed by atoms with E-state index in [-0.39, 0.29) is 19.8 Å². The SMILES string of the molecule is CC(C)(C)OC(=O)N[C@H]1[C@@H](OCc2ccccc2)[C@@H](OCc2ccccc2)[C@@H](COCc2ccccc2)O[C@@H]1[C@H](CO)NC(=O)OC(C)(C)C. The molecule has 0 aromatic heterocycles. The number of nitrogens with one attached hydrogen (secondary N) is 2. The Morgan fingerprint density at radius 2 is 1.16 bits per heavy atom. The first kappa shape index (κ1) is 38.8. The van der Waals surface area contributed by atoms with Crippen molar-refractivity contribution in [3.8, 4) is 0 Å². The van der Waals surface area contributed by atoms with E-state index >= 15 is 0 Å². The lowest BCUT2D eigenvalue weighted by Gasteiger charge is -2.48. The van der Waals surface area contributed by atoms with Gasteiger partial charge in [-0.1, -0.05) is 91.0 Å².